The molecule has 0 spiro atoms. The molecule has 1 atom stereocenters. The van der Waals surface area contributed by atoms with Crippen molar-refractivity contribution in [2.75, 3.05) is 0 Å². The van der Waals surface area contributed by atoms with E-state index < -0.39 is 8.07 Å². The van der Waals surface area contributed by atoms with Crippen molar-refractivity contribution in [3.05, 3.63) is 150 Å². The first-order chi connectivity index (χ1) is 23.0. The maximum atomic E-state index is 13.6. The van der Waals surface area contributed by atoms with Crippen LogP contribution in [-0.2, 0) is 20.1 Å². The third kappa shape index (κ3) is 7.99. The summed E-state index contributed by atoms with van der Waals surface area (Å²) in [5, 5.41) is 3.30. The molecule has 0 saturated heterocycles. The minimum atomic E-state index is -1.35. The van der Waals surface area contributed by atoms with Gasteiger partial charge in [-0.05, 0) is 51.8 Å². The first-order valence-electron chi connectivity index (χ1n) is 16.5. The van der Waals surface area contributed by atoms with Crippen LogP contribution in [0, 0.1) is 24.9 Å². The van der Waals surface area contributed by atoms with Crippen LogP contribution in [0.5, 0.6) is 0 Å². The molecule has 7 aromatic rings. The number of benzene rings is 4. The molecule has 0 N–H and O–H groups in total. The Bertz CT molecular complexity index is 2190. The third-order valence-electron chi connectivity index (χ3n) is 8.85. The van der Waals surface area contributed by atoms with Gasteiger partial charge in [0, 0.05) is 49.9 Å². The van der Waals surface area contributed by atoms with E-state index in [1.807, 2.05) is 36.5 Å². The van der Waals surface area contributed by atoms with E-state index in [1.54, 1.807) is 6.07 Å². The molecule has 6 heteroatoms. The predicted molar refractivity (Wildman–Crippen MR) is 200 cm³/mol. The molecule has 0 fully saturated rings. The minimum absolute atomic E-state index is 0. The summed E-state index contributed by atoms with van der Waals surface area (Å²) < 4.78 is 19.6. The summed E-state index contributed by atoms with van der Waals surface area (Å²) in [5.41, 5.74) is 10.0. The molecule has 7 rings (SSSR count). The molecule has 49 heavy (non-hydrogen) atoms. The number of aromatic nitrogens is 2. The van der Waals surface area contributed by atoms with Crippen LogP contribution in [0.1, 0.15) is 54.9 Å². The van der Waals surface area contributed by atoms with Crippen molar-refractivity contribution in [1.82, 2.24) is 9.97 Å². The number of rotatable bonds is 6. The van der Waals surface area contributed by atoms with Crippen molar-refractivity contribution in [1.29, 1.82) is 0 Å². The maximum absolute atomic E-state index is 13.6. The van der Waals surface area contributed by atoms with Crippen LogP contribution in [0.3, 0.4) is 0 Å². The molecule has 1 unspecified atom stereocenters. The summed E-state index contributed by atoms with van der Waals surface area (Å²) in [6.45, 7) is 15.9. The van der Waals surface area contributed by atoms with Crippen molar-refractivity contribution in [3.63, 3.8) is 0 Å². The second kappa shape index (κ2) is 15.1. The van der Waals surface area contributed by atoms with E-state index in [2.05, 4.69) is 119 Å². The van der Waals surface area contributed by atoms with E-state index in [4.69, 9.17) is 9.40 Å². The Hall–Kier alpha value is -4.22. The molecule has 3 nitrogen and oxygen atoms in total. The Morgan fingerprint density at radius 3 is 2.24 bits per heavy atom. The Kier molecular flexibility index (Phi) is 11.1. The van der Waals surface area contributed by atoms with Crippen LogP contribution in [0.25, 0.3) is 44.5 Å². The number of halogens is 1. The summed E-state index contributed by atoms with van der Waals surface area (Å²) in [4.78, 5) is 9.25. The van der Waals surface area contributed by atoms with E-state index in [0.29, 0.717) is 17.1 Å². The molecule has 0 amide bonds. The summed E-state index contributed by atoms with van der Waals surface area (Å²) in [6.07, 6.45) is 3.92. The molecule has 251 valence electrons. The van der Waals surface area contributed by atoms with Crippen LogP contribution in [0.4, 0.5) is 4.39 Å². The van der Waals surface area contributed by atoms with Gasteiger partial charge >= 0.3 is 0 Å². The van der Waals surface area contributed by atoms with Crippen LogP contribution < -0.4 is 5.19 Å². The van der Waals surface area contributed by atoms with E-state index in [9.17, 15) is 4.39 Å². The van der Waals surface area contributed by atoms with Gasteiger partial charge in [-0.25, -0.2) is 4.39 Å². The molecular formula is C43H41FIrN2OSi-2. The zero-order valence-electron chi connectivity index (χ0n) is 29.1. The van der Waals surface area contributed by atoms with E-state index >= 15 is 0 Å². The van der Waals surface area contributed by atoms with Crippen molar-refractivity contribution >= 4 is 35.2 Å². The molecule has 0 aliphatic heterocycles. The minimum Gasteiger partial charge on any atom is -0.500 e. The van der Waals surface area contributed by atoms with Gasteiger partial charge in [0.1, 0.15) is 11.4 Å². The molecule has 1 radical (unpaired) electrons. The Labute approximate surface area is 304 Å². The number of aryl methyl sites for hydroxylation is 1. The van der Waals surface area contributed by atoms with Gasteiger partial charge in [-0.3, -0.25) is 0 Å². The largest absolute Gasteiger partial charge is 0.500 e. The summed E-state index contributed by atoms with van der Waals surface area (Å²) in [5.74, 6) is 0.463. The molecule has 3 heterocycles. The number of hydrogen-bond donors (Lipinski definition) is 0. The van der Waals surface area contributed by atoms with Gasteiger partial charge < -0.3 is 14.4 Å². The second-order valence-electron chi connectivity index (χ2n) is 13.8. The molecule has 3 aromatic heterocycles. The molecule has 4 aromatic carbocycles. The predicted octanol–water partition coefficient (Wildman–Crippen LogP) is 11.3. The first-order valence-corrected chi connectivity index (χ1v) is 20.0. The van der Waals surface area contributed by atoms with Gasteiger partial charge in [-0.15, -0.1) is 53.6 Å². The zero-order valence-corrected chi connectivity index (χ0v) is 32.5. The van der Waals surface area contributed by atoms with Crippen LogP contribution in [0.15, 0.2) is 114 Å². The number of furan rings is 1. The van der Waals surface area contributed by atoms with Crippen LogP contribution >= 0.6 is 0 Å². The Balaban J connectivity index is 0.000000199. The van der Waals surface area contributed by atoms with Gasteiger partial charge in [-0.2, -0.15) is 0 Å². The van der Waals surface area contributed by atoms with Gasteiger partial charge in [0.05, 0.1) is 13.7 Å². The molecule has 0 aliphatic carbocycles. The topological polar surface area (TPSA) is 38.9 Å². The van der Waals surface area contributed by atoms with Gasteiger partial charge in [0.15, 0.2) is 0 Å². The number of fused-ring (bicyclic) bond motifs is 3. The zero-order chi connectivity index (χ0) is 34.0. The molecule has 0 aliphatic rings. The van der Waals surface area contributed by atoms with E-state index in [1.165, 1.54) is 39.6 Å². The average molecular weight is 841 g/mol. The van der Waals surface area contributed by atoms with E-state index in [0.717, 1.165) is 33.3 Å². The van der Waals surface area contributed by atoms with Gasteiger partial charge in [0.25, 0.3) is 0 Å². The number of nitrogens with zero attached hydrogens (tertiary/aromatic N) is 2. The van der Waals surface area contributed by atoms with Crippen molar-refractivity contribution in [2.24, 2.45) is 0 Å². The smallest absolute Gasteiger partial charge is 0.126 e. The quantitative estimate of drug-likeness (QED) is 0.124. The van der Waals surface area contributed by atoms with Crippen molar-refractivity contribution in [3.8, 4) is 22.5 Å². The number of pyridine rings is 2. The summed E-state index contributed by atoms with van der Waals surface area (Å²) in [6, 6.07) is 38.0. The standard InChI is InChI=1S/C25H17FNO.C18H24NSi.Ir/c1-16(17-6-3-2-4-7-17)18-12-13-27-23(14-18)22-9-5-8-21-20-11-10-19(26)15-24(20)28-25(21)22;1-13(2)16-11-17(15-9-7-14(3)8-10-15)19-12-18(16)20(4,5)6;/h2-8,10-16H,1H3;7-9,11-13H,1-6H3;/q2*-1;. The fraction of sp³-hybridized carbons (Fsp3) is 0.209. The van der Waals surface area contributed by atoms with E-state index in [-0.39, 0.29) is 31.8 Å². The molecule has 0 saturated carbocycles. The fourth-order valence-corrected chi connectivity index (χ4v) is 7.76. The third-order valence-corrected chi connectivity index (χ3v) is 10.9. The second-order valence-corrected chi connectivity index (χ2v) is 18.8. The van der Waals surface area contributed by atoms with Gasteiger partial charge in [0.2, 0.25) is 0 Å². The molecule has 0 bridgehead atoms. The SMILES string of the molecule is CC(c1ccccc1)c1ccnc(-c2[c-]ccc3c2oc2cc(F)ccc23)c1.Cc1c[c-]c(-c2cc(C(C)C)c([Si](C)(C)C)cn2)cc1.[Ir]. The monoisotopic (exact) mass is 841 g/mol. The first kappa shape index (κ1) is 36.1. The summed E-state index contributed by atoms with van der Waals surface area (Å²) in [7, 11) is -1.35. The fourth-order valence-electron chi connectivity index (χ4n) is 6.08. The van der Waals surface area contributed by atoms with Crippen molar-refractivity contribution in [2.45, 2.75) is 59.2 Å². The van der Waals surface area contributed by atoms with Gasteiger partial charge in [-0.1, -0.05) is 106 Å². The maximum Gasteiger partial charge on any atom is 0.126 e. The molecular weight excluding hydrogens is 800 g/mol. The number of hydrogen-bond acceptors (Lipinski definition) is 3. The van der Waals surface area contributed by atoms with Crippen molar-refractivity contribution < 1.29 is 28.9 Å². The Morgan fingerprint density at radius 1 is 0.776 bits per heavy atom. The Morgan fingerprint density at radius 2 is 1.55 bits per heavy atom. The van der Waals surface area contributed by atoms with Crippen LogP contribution in [0.2, 0.25) is 19.6 Å². The normalized spacial score (nSPS) is 12.0. The average Bonchev–Trinajstić information content (AvgIpc) is 3.46. The summed E-state index contributed by atoms with van der Waals surface area (Å²) >= 11 is 0. The van der Waals surface area contributed by atoms with Crippen LogP contribution in [-0.4, -0.2) is 18.0 Å².